The van der Waals surface area contributed by atoms with Crippen molar-refractivity contribution in [1.82, 2.24) is 14.9 Å². The van der Waals surface area contributed by atoms with Crippen LogP contribution in [0, 0.1) is 5.92 Å². The third-order valence-electron chi connectivity index (χ3n) is 5.49. The quantitative estimate of drug-likeness (QED) is 0.600. The minimum absolute atomic E-state index is 0.0629. The molecule has 1 saturated carbocycles. The number of hydrogen-bond donors (Lipinski definition) is 1. The Morgan fingerprint density at radius 1 is 1.14 bits per heavy atom. The molecule has 3 rings (SSSR count). The largest absolute Gasteiger partial charge is 0.352 e. The second-order valence-corrected chi connectivity index (χ2v) is 9.22. The monoisotopic (exact) mass is 401 g/mol. The number of carbonyl (C=O) groups excluding carboxylic acids is 1. The SMILES string of the molecule is CC(C)[C@H](Sc1nc2ccccc2c(=O)n1C)C(=O)NC1CCCCCCC1. The topological polar surface area (TPSA) is 64.0 Å². The Bertz CT molecular complexity index is 870. The van der Waals surface area contributed by atoms with Crippen LogP contribution in [-0.4, -0.2) is 26.8 Å². The Labute approximate surface area is 171 Å². The first-order valence-corrected chi connectivity index (χ1v) is 11.3. The number of fused-ring (bicyclic) bond motifs is 1. The molecule has 1 atom stereocenters. The molecule has 152 valence electrons. The summed E-state index contributed by atoms with van der Waals surface area (Å²) in [4.78, 5) is 30.4. The van der Waals surface area contributed by atoms with E-state index in [1.165, 1.54) is 43.9 Å². The van der Waals surface area contributed by atoms with E-state index < -0.39 is 0 Å². The van der Waals surface area contributed by atoms with E-state index in [1.807, 2.05) is 18.2 Å². The molecule has 1 aromatic heterocycles. The molecular formula is C22H31N3O2S. The molecule has 1 heterocycles. The lowest BCUT2D eigenvalue weighted by Crippen LogP contribution is -2.42. The fourth-order valence-electron chi connectivity index (χ4n) is 3.79. The summed E-state index contributed by atoms with van der Waals surface area (Å²) in [5.41, 5.74) is 0.604. The Hall–Kier alpha value is -1.82. The summed E-state index contributed by atoms with van der Waals surface area (Å²) in [7, 11) is 1.73. The average Bonchev–Trinajstić information content (AvgIpc) is 2.65. The van der Waals surface area contributed by atoms with E-state index in [1.54, 1.807) is 17.7 Å². The van der Waals surface area contributed by atoms with Crippen molar-refractivity contribution in [2.24, 2.45) is 13.0 Å². The van der Waals surface area contributed by atoms with Gasteiger partial charge in [0.15, 0.2) is 5.16 Å². The molecule has 1 amide bonds. The second kappa shape index (κ2) is 9.59. The molecule has 0 radical (unpaired) electrons. The predicted octanol–water partition coefficient (Wildman–Crippen LogP) is 4.28. The fourth-order valence-corrected chi connectivity index (χ4v) is 4.86. The number of amides is 1. The molecule has 0 aliphatic heterocycles. The number of carbonyl (C=O) groups is 1. The Morgan fingerprint density at radius 3 is 2.46 bits per heavy atom. The highest BCUT2D eigenvalue weighted by Crippen LogP contribution is 2.28. The van der Waals surface area contributed by atoms with Gasteiger partial charge in [-0.1, -0.05) is 69.8 Å². The highest BCUT2D eigenvalue weighted by atomic mass is 32.2. The molecule has 1 aliphatic carbocycles. The van der Waals surface area contributed by atoms with Gasteiger partial charge in [-0.25, -0.2) is 4.98 Å². The summed E-state index contributed by atoms with van der Waals surface area (Å²) in [6.45, 7) is 4.10. The van der Waals surface area contributed by atoms with Crippen LogP contribution in [0.15, 0.2) is 34.2 Å². The van der Waals surface area contributed by atoms with Gasteiger partial charge in [-0.2, -0.15) is 0 Å². The molecule has 0 bridgehead atoms. The van der Waals surface area contributed by atoms with Crippen molar-refractivity contribution in [2.75, 3.05) is 0 Å². The van der Waals surface area contributed by atoms with Gasteiger partial charge in [0.2, 0.25) is 5.91 Å². The molecule has 0 saturated heterocycles. The van der Waals surface area contributed by atoms with Gasteiger partial charge in [-0.05, 0) is 30.9 Å². The van der Waals surface area contributed by atoms with E-state index in [0.717, 1.165) is 12.8 Å². The Kier molecular flexibility index (Phi) is 7.16. The van der Waals surface area contributed by atoms with Gasteiger partial charge in [-0.15, -0.1) is 0 Å². The molecule has 1 N–H and O–H groups in total. The van der Waals surface area contributed by atoms with Gasteiger partial charge < -0.3 is 5.32 Å². The van der Waals surface area contributed by atoms with Crippen molar-refractivity contribution in [3.63, 3.8) is 0 Å². The first-order valence-electron chi connectivity index (χ1n) is 10.4. The predicted molar refractivity (Wildman–Crippen MR) is 116 cm³/mol. The highest BCUT2D eigenvalue weighted by Gasteiger charge is 2.27. The van der Waals surface area contributed by atoms with Crippen molar-refractivity contribution in [1.29, 1.82) is 0 Å². The normalized spacial score (nSPS) is 17.3. The van der Waals surface area contributed by atoms with Crippen LogP contribution < -0.4 is 10.9 Å². The molecule has 28 heavy (non-hydrogen) atoms. The van der Waals surface area contributed by atoms with Gasteiger partial charge in [-0.3, -0.25) is 14.2 Å². The standard InChI is InChI=1S/C22H31N3O2S/c1-15(2)19(20(26)23-16-11-7-5-4-6-8-12-16)28-22-24-18-14-10-9-13-17(18)21(27)25(22)3/h9-10,13-16,19H,4-8,11-12H2,1-3H3,(H,23,26)/t19-/m0/s1. The number of nitrogens with one attached hydrogen (secondary N) is 1. The molecule has 6 heteroatoms. The number of para-hydroxylation sites is 1. The van der Waals surface area contributed by atoms with E-state index in [-0.39, 0.29) is 28.7 Å². The van der Waals surface area contributed by atoms with Crippen LogP contribution in [0.3, 0.4) is 0 Å². The summed E-state index contributed by atoms with van der Waals surface area (Å²) in [6, 6.07) is 7.63. The molecule has 0 spiro atoms. The third kappa shape index (κ3) is 4.96. The van der Waals surface area contributed by atoms with Crippen LogP contribution in [0.5, 0.6) is 0 Å². The van der Waals surface area contributed by atoms with Crippen LogP contribution in [-0.2, 0) is 11.8 Å². The lowest BCUT2D eigenvalue weighted by Gasteiger charge is -2.26. The van der Waals surface area contributed by atoms with Crippen LogP contribution in [0.1, 0.15) is 58.8 Å². The van der Waals surface area contributed by atoms with Gasteiger partial charge in [0.25, 0.3) is 5.56 Å². The zero-order valence-corrected chi connectivity index (χ0v) is 17.9. The minimum Gasteiger partial charge on any atom is -0.352 e. The van der Waals surface area contributed by atoms with Gasteiger partial charge in [0, 0.05) is 13.1 Å². The molecule has 1 fully saturated rings. The lowest BCUT2D eigenvalue weighted by molar-refractivity contribution is -0.122. The highest BCUT2D eigenvalue weighted by molar-refractivity contribution is 8.00. The summed E-state index contributed by atoms with van der Waals surface area (Å²) in [5, 5.41) is 4.21. The molecule has 1 aromatic carbocycles. The first kappa shape index (κ1) is 20.9. The summed E-state index contributed by atoms with van der Waals surface area (Å²) >= 11 is 1.40. The van der Waals surface area contributed by atoms with Crippen molar-refractivity contribution in [2.45, 2.75) is 75.2 Å². The summed E-state index contributed by atoms with van der Waals surface area (Å²) in [5.74, 6) is 0.204. The lowest BCUT2D eigenvalue weighted by atomic mass is 9.96. The maximum Gasteiger partial charge on any atom is 0.261 e. The zero-order valence-electron chi connectivity index (χ0n) is 17.1. The van der Waals surface area contributed by atoms with Crippen LogP contribution >= 0.6 is 11.8 Å². The first-order chi connectivity index (χ1) is 13.5. The van der Waals surface area contributed by atoms with E-state index in [2.05, 4.69) is 24.1 Å². The number of aromatic nitrogens is 2. The van der Waals surface area contributed by atoms with Crippen molar-refractivity contribution >= 4 is 28.6 Å². The van der Waals surface area contributed by atoms with Gasteiger partial charge in [0.1, 0.15) is 0 Å². The Balaban J connectivity index is 1.79. The minimum atomic E-state index is -0.273. The average molecular weight is 402 g/mol. The molecule has 2 aromatic rings. The maximum atomic E-state index is 13.1. The molecule has 1 aliphatic rings. The van der Waals surface area contributed by atoms with Crippen molar-refractivity contribution in [3.05, 3.63) is 34.6 Å². The van der Waals surface area contributed by atoms with E-state index >= 15 is 0 Å². The van der Waals surface area contributed by atoms with E-state index in [4.69, 9.17) is 0 Å². The van der Waals surface area contributed by atoms with Gasteiger partial charge >= 0.3 is 0 Å². The molecule has 5 nitrogen and oxygen atoms in total. The third-order valence-corrected chi connectivity index (χ3v) is 7.08. The molecular weight excluding hydrogens is 370 g/mol. The second-order valence-electron chi connectivity index (χ2n) is 8.11. The number of hydrogen-bond acceptors (Lipinski definition) is 4. The van der Waals surface area contributed by atoms with Crippen LogP contribution in [0.25, 0.3) is 10.9 Å². The molecule has 0 unspecified atom stereocenters. The van der Waals surface area contributed by atoms with Gasteiger partial charge in [0.05, 0.1) is 16.2 Å². The van der Waals surface area contributed by atoms with Crippen LogP contribution in [0.4, 0.5) is 0 Å². The van der Waals surface area contributed by atoms with Crippen LogP contribution in [0.2, 0.25) is 0 Å². The van der Waals surface area contributed by atoms with Crippen molar-refractivity contribution in [3.8, 4) is 0 Å². The summed E-state index contributed by atoms with van der Waals surface area (Å²) in [6.07, 6.45) is 8.33. The number of thioether (sulfide) groups is 1. The van der Waals surface area contributed by atoms with Crippen molar-refractivity contribution < 1.29 is 4.79 Å². The summed E-state index contributed by atoms with van der Waals surface area (Å²) < 4.78 is 1.56. The number of nitrogens with zero attached hydrogens (tertiary/aromatic N) is 2. The number of benzene rings is 1. The smallest absolute Gasteiger partial charge is 0.261 e. The van der Waals surface area contributed by atoms with E-state index in [9.17, 15) is 9.59 Å². The fraction of sp³-hybridized carbons (Fsp3) is 0.591. The zero-order chi connectivity index (χ0) is 20.1. The maximum absolute atomic E-state index is 13.1. The Morgan fingerprint density at radius 2 is 1.79 bits per heavy atom. The van der Waals surface area contributed by atoms with E-state index in [0.29, 0.717) is 16.1 Å². The number of rotatable bonds is 5.